The maximum atomic E-state index is 12.3. The molecule has 2 N–H and O–H groups in total. The average Bonchev–Trinajstić information content (AvgIpc) is 2.57. The molecule has 1 atom stereocenters. The minimum absolute atomic E-state index is 0.123. The third-order valence-electron chi connectivity index (χ3n) is 3.63. The second-order valence-electron chi connectivity index (χ2n) is 5.58. The Morgan fingerprint density at radius 1 is 1.17 bits per heavy atom. The normalized spacial score (nSPS) is 11.6. The van der Waals surface area contributed by atoms with E-state index < -0.39 is 11.0 Å². The van der Waals surface area contributed by atoms with Crippen molar-refractivity contribution in [2.45, 2.75) is 32.7 Å². The predicted molar refractivity (Wildman–Crippen MR) is 95.2 cm³/mol. The summed E-state index contributed by atoms with van der Waals surface area (Å²) in [7, 11) is 0. The first kappa shape index (κ1) is 17.5. The molecule has 0 saturated carbocycles. The molecule has 0 heterocycles. The van der Waals surface area contributed by atoms with Gasteiger partial charge in [-0.3, -0.25) is 14.9 Å². The van der Waals surface area contributed by atoms with E-state index in [0.717, 1.165) is 18.5 Å². The molecule has 0 saturated heterocycles. The summed E-state index contributed by atoms with van der Waals surface area (Å²) in [5.41, 5.74) is 2.15. The SMILES string of the molecule is CCCc1ccc(NC(C)C(=O)Nc2ccccc2[N+](=O)[O-])cc1. The number of carbonyl (C=O) groups excluding carboxylic acids is 1. The molecule has 0 radical (unpaired) electrons. The highest BCUT2D eigenvalue weighted by Crippen LogP contribution is 2.23. The Morgan fingerprint density at radius 3 is 2.46 bits per heavy atom. The number of hydrogen-bond acceptors (Lipinski definition) is 4. The van der Waals surface area contributed by atoms with Crippen LogP contribution >= 0.6 is 0 Å². The second kappa shape index (κ2) is 8.10. The van der Waals surface area contributed by atoms with Crippen molar-refractivity contribution in [3.8, 4) is 0 Å². The molecular weight excluding hydrogens is 306 g/mol. The number of carbonyl (C=O) groups is 1. The fourth-order valence-electron chi connectivity index (χ4n) is 2.35. The van der Waals surface area contributed by atoms with Crippen molar-refractivity contribution >= 4 is 23.0 Å². The van der Waals surface area contributed by atoms with E-state index in [1.807, 2.05) is 24.3 Å². The molecule has 0 aliphatic heterocycles. The van der Waals surface area contributed by atoms with E-state index >= 15 is 0 Å². The third kappa shape index (κ3) is 4.55. The largest absolute Gasteiger partial charge is 0.374 e. The molecule has 126 valence electrons. The van der Waals surface area contributed by atoms with Crippen LogP contribution in [0.25, 0.3) is 0 Å². The van der Waals surface area contributed by atoms with Gasteiger partial charge >= 0.3 is 0 Å². The number of rotatable bonds is 7. The van der Waals surface area contributed by atoms with Gasteiger partial charge in [0.05, 0.1) is 4.92 Å². The molecule has 24 heavy (non-hydrogen) atoms. The Morgan fingerprint density at radius 2 is 1.83 bits per heavy atom. The smallest absolute Gasteiger partial charge is 0.292 e. The van der Waals surface area contributed by atoms with Crippen LogP contribution in [0, 0.1) is 10.1 Å². The number of amides is 1. The number of hydrogen-bond donors (Lipinski definition) is 2. The molecule has 0 spiro atoms. The van der Waals surface area contributed by atoms with E-state index in [0.29, 0.717) is 0 Å². The molecule has 0 fully saturated rings. The summed E-state index contributed by atoms with van der Waals surface area (Å²) >= 11 is 0. The predicted octanol–water partition coefficient (Wildman–Crippen LogP) is 3.99. The maximum Gasteiger partial charge on any atom is 0.292 e. The lowest BCUT2D eigenvalue weighted by atomic mass is 10.1. The molecule has 2 rings (SSSR count). The van der Waals surface area contributed by atoms with E-state index in [4.69, 9.17) is 0 Å². The van der Waals surface area contributed by atoms with Crippen molar-refractivity contribution in [1.29, 1.82) is 0 Å². The van der Waals surface area contributed by atoms with Gasteiger partial charge in [0.1, 0.15) is 11.7 Å². The van der Waals surface area contributed by atoms with Crippen LogP contribution in [-0.4, -0.2) is 16.9 Å². The summed E-state index contributed by atoms with van der Waals surface area (Å²) in [6, 6.07) is 13.5. The molecule has 1 amide bonds. The molecule has 6 nitrogen and oxygen atoms in total. The first-order valence-electron chi connectivity index (χ1n) is 7.91. The summed E-state index contributed by atoms with van der Waals surface area (Å²) < 4.78 is 0. The number of nitro benzene ring substituents is 1. The molecule has 2 aromatic rings. The lowest BCUT2D eigenvalue weighted by Crippen LogP contribution is -2.32. The fraction of sp³-hybridized carbons (Fsp3) is 0.278. The lowest BCUT2D eigenvalue weighted by Gasteiger charge is -2.15. The highest BCUT2D eigenvalue weighted by molar-refractivity contribution is 5.97. The fourth-order valence-corrected chi connectivity index (χ4v) is 2.35. The molecule has 2 aromatic carbocycles. The van der Waals surface area contributed by atoms with Crippen LogP contribution < -0.4 is 10.6 Å². The van der Waals surface area contributed by atoms with Gasteiger partial charge in [0.2, 0.25) is 5.91 Å². The van der Waals surface area contributed by atoms with Gasteiger partial charge in [0.15, 0.2) is 0 Å². The van der Waals surface area contributed by atoms with Crippen LogP contribution in [0.4, 0.5) is 17.1 Å². The zero-order valence-electron chi connectivity index (χ0n) is 13.8. The minimum Gasteiger partial charge on any atom is -0.374 e. The molecule has 0 bridgehead atoms. The summed E-state index contributed by atoms with van der Waals surface area (Å²) in [6.07, 6.45) is 2.11. The van der Waals surface area contributed by atoms with Gasteiger partial charge in [-0.2, -0.15) is 0 Å². The van der Waals surface area contributed by atoms with Crippen molar-refractivity contribution < 1.29 is 9.72 Å². The number of benzene rings is 2. The number of aryl methyl sites for hydroxylation is 1. The highest BCUT2D eigenvalue weighted by atomic mass is 16.6. The Kier molecular flexibility index (Phi) is 5.89. The Labute approximate surface area is 141 Å². The molecule has 6 heteroatoms. The molecule has 0 aliphatic rings. The quantitative estimate of drug-likeness (QED) is 0.595. The van der Waals surface area contributed by atoms with Crippen LogP contribution in [0.15, 0.2) is 48.5 Å². The van der Waals surface area contributed by atoms with Gasteiger partial charge in [-0.15, -0.1) is 0 Å². The van der Waals surface area contributed by atoms with Crippen LogP contribution in [0.2, 0.25) is 0 Å². The average molecular weight is 327 g/mol. The second-order valence-corrected chi connectivity index (χ2v) is 5.58. The molecule has 0 aromatic heterocycles. The first-order chi connectivity index (χ1) is 11.5. The summed E-state index contributed by atoms with van der Waals surface area (Å²) in [4.78, 5) is 22.7. The van der Waals surface area contributed by atoms with Crippen LogP contribution in [0.1, 0.15) is 25.8 Å². The van der Waals surface area contributed by atoms with Gasteiger partial charge in [-0.05, 0) is 37.1 Å². The summed E-state index contributed by atoms with van der Waals surface area (Å²) in [6.45, 7) is 3.84. The van der Waals surface area contributed by atoms with Crippen molar-refractivity contribution in [2.75, 3.05) is 10.6 Å². The van der Waals surface area contributed by atoms with E-state index in [1.165, 1.54) is 17.7 Å². The standard InChI is InChI=1S/C18H21N3O3/c1-3-6-14-9-11-15(12-10-14)19-13(2)18(22)20-16-7-4-5-8-17(16)21(23)24/h4-5,7-13,19H,3,6H2,1-2H3,(H,20,22). The topological polar surface area (TPSA) is 84.3 Å². The number of anilines is 2. The van der Waals surface area contributed by atoms with Gasteiger partial charge in [0.25, 0.3) is 5.69 Å². The van der Waals surface area contributed by atoms with Crippen LogP contribution in [0.5, 0.6) is 0 Å². The zero-order valence-corrected chi connectivity index (χ0v) is 13.8. The van der Waals surface area contributed by atoms with E-state index in [-0.39, 0.29) is 17.3 Å². The third-order valence-corrected chi connectivity index (χ3v) is 3.63. The van der Waals surface area contributed by atoms with Crippen molar-refractivity contribution in [2.24, 2.45) is 0 Å². The van der Waals surface area contributed by atoms with Gasteiger partial charge in [-0.1, -0.05) is 37.6 Å². The van der Waals surface area contributed by atoms with Gasteiger partial charge in [-0.25, -0.2) is 0 Å². The number of nitrogens with one attached hydrogen (secondary N) is 2. The monoisotopic (exact) mass is 327 g/mol. The van der Waals surface area contributed by atoms with Crippen molar-refractivity contribution in [3.63, 3.8) is 0 Å². The summed E-state index contributed by atoms with van der Waals surface area (Å²) in [5, 5.41) is 16.7. The van der Waals surface area contributed by atoms with Gasteiger partial charge in [0, 0.05) is 11.8 Å². The van der Waals surface area contributed by atoms with E-state index in [2.05, 4.69) is 17.6 Å². The summed E-state index contributed by atoms with van der Waals surface area (Å²) in [5.74, 6) is -0.332. The lowest BCUT2D eigenvalue weighted by molar-refractivity contribution is -0.383. The Bertz CT molecular complexity index is 714. The first-order valence-corrected chi connectivity index (χ1v) is 7.91. The number of para-hydroxylation sites is 2. The number of nitrogens with zero attached hydrogens (tertiary/aromatic N) is 1. The minimum atomic E-state index is -0.526. The molecule has 1 unspecified atom stereocenters. The van der Waals surface area contributed by atoms with Crippen LogP contribution in [0.3, 0.4) is 0 Å². The van der Waals surface area contributed by atoms with Crippen LogP contribution in [-0.2, 0) is 11.2 Å². The Balaban J connectivity index is 2.01. The van der Waals surface area contributed by atoms with E-state index in [9.17, 15) is 14.9 Å². The van der Waals surface area contributed by atoms with Crippen molar-refractivity contribution in [1.82, 2.24) is 0 Å². The number of nitro groups is 1. The molecule has 0 aliphatic carbocycles. The van der Waals surface area contributed by atoms with Crippen molar-refractivity contribution in [3.05, 3.63) is 64.2 Å². The highest BCUT2D eigenvalue weighted by Gasteiger charge is 2.18. The van der Waals surface area contributed by atoms with E-state index in [1.54, 1.807) is 19.1 Å². The zero-order chi connectivity index (χ0) is 17.5. The maximum absolute atomic E-state index is 12.3. The molecular formula is C18H21N3O3. The Hall–Kier alpha value is -2.89. The van der Waals surface area contributed by atoms with Gasteiger partial charge < -0.3 is 10.6 Å².